The quantitative estimate of drug-likeness (QED) is 0.793. The van der Waals surface area contributed by atoms with E-state index < -0.39 is 17.9 Å². The van der Waals surface area contributed by atoms with Crippen molar-refractivity contribution in [3.05, 3.63) is 29.6 Å². The van der Waals surface area contributed by atoms with Crippen LogP contribution in [0.2, 0.25) is 0 Å². The molecule has 0 aromatic heterocycles. The third-order valence-electron chi connectivity index (χ3n) is 3.36. The standard InChI is InChI=1S/C13H16F4N2/c1-9-2-3-11(14)6-12(9)19-5-4-18-7-10(8-19)13(15,16)17/h2-3,6,10,18H,4-5,7-8H2,1H3. The van der Waals surface area contributed by atoms with Gasteiger partial charge in [0.2, 0.25) is 0 Å². The van der Waals surface area contributed by atoms with Gasteiger partial charge < -0.3 is 10.2 Å². The summed E-state index contributed by atoms with van der Waals surface area (Å²) in [4.78, 5) is 1.61. The third-order valence-corrected chi connectivity index (χ3v) is 3.36. The molecule has 0 spiro atoms. The molecule has 1 saturated heterocycles. The molecule has 0 amide bonds. The van der Waals surface area contributed by atoms with Crippen LogP contribution in [0, 0.1) is 18.7 Å². The van der Waals surface area contributed by atoms with Crippen LogP contribution in [-0.2, 0) is 0 Å². The normalized spacial score (nSPS) is 21.3. The third kappa shape index (κ3) is 3.37. The maximum absolute atomic E-state index is 13.3. The second-order valence-corrected chi connectivity index (χ2v) is 4.82. The Kier molecular flexibility index (Phi) is 3.99. The van der Waals surface area contributed by atoms with E-state index in [-0.39, 0.29) is 13.1 Å². The Balaban J connectivity index is 2.25. The van der Waals surface area contributed by atoms with E-state index in [1.54, 1.807) is 17.9 Å². The molecule has 1 aromatic carbocycles. The number of benzene rings is 1. The highest BCUT2D eigenvalue weighted by Crippen LogP contribution is 2.30. The topological polar surface area (TPSA) is 15.3 Å². The van der Waals surface area contributed by atoms with Crippen LogP contribution in [0.15, 0.2) is 18.2 Å². The number of alkyl halides is 3. The van der Waals surface area contributed by atoms with E-state index in [0.29, 0.717) is 18.8 Å². The number of nitrogens with zero attached hydrogens (tertiary/aromatic N) is 1. The molecule has 0 radical (unpaired) electrons. The van der Waals surface area contributed by atoms with Gasteiger partial charge in [-0.1, -0.05) is 6.07 Å². The lowest BCUT2D eigenvalue weighted by Crippen LogP contribution is -2.38. The van der Waals surface area contributed by atoms with Crippen molar-refractivity contribution in [1.29, 1.82) is 0 Å². The van der Waals surface area contributed by atoms with Crippen molar-refractivity contribution >= 4 is 5.69 Å². The molecule has 1 fully saturated rings. The Morgan fingerprint density at radius 3 is 2.74 bits per heavy atom. The van der Waals surface area contributed by atoms with Gasteiger partial charge in [-0.3, -0.25) is 0 Å². The van der Waals surface area contributed by atoms with Crippen molar-refractivity contribution in [2.45, 2.75) is 13.1 Å². The Hall–Kier alpha value is -1.30. The van der Waals surface area contributed by atoms with Crippen molar-refractivity contribution in [2.75, 3.05) is 31.1 Å². The summed E-state index contributed by atoms with van der Waals surface area (Å²) in [6.07, 6.45) is -4.24. The second-order valence-electron chi connectivity index (χ2n) is 4.82. The molecule has 1 aliphatic heterocycles. The van der Waals surface area contributed by atoms with E-state index in [9.17, 15) is 17.6 Å². The van der Waals surface area contributed by atoms with Gasteiger partial charge in [0.15, 0.2) is 0 Å². The van der Waals surface area contributed by atoms with Gasteiger partial charge in [-0.15, -0.1) is 0 Å². The number of aryl methyl sites for hydroxylation is 1. The minimum Gasteiger partial charge on any atom is -0.369 e. The molecule has 1 N–H and O–H groups in total. The molecule has 1 aromatic rings. The molecule has 1 aliphatic rings. The van der Waals surface area contributed by atoms with Gasteiger partial charge in [0, 0.05) is 31.9 Å². The van der Waals surface area contributed by atoms with Crippen LogP contribution in [0.1, 0.15) is 5.56 Å². The summed E-state index contributed by atoms with van der Waals surface area (Å²) in [6, 6.07) is 4.20. The lowest BCUT2D eigenvalue weighted by atomic mass is 10.1. The number of hydrogen-bond acceptors (Lipinski definition) is 2. The number of halogens is 4. The minimum atomic E-state index is -4.24. The number of rotatable bonds is 1. The number of anilines is 1. The molecule has 19 heavy (non-hydrogen) atoms. The van der Waals surface area contributed by atoms with Crippen LogP contribution < -0.4 is 10.2 Å². The van der Waals surface area contributed by atoms with Crippen LogP contribution in [-0.4, -0.2) is 32.4 Å². The van der Waals surface area contributed by atoms with E-state index in [1.165, 1.54) is 12.1 Å². The molecule has 1 unspecified atom stereocenters. The van der Waals surface area contributed by atoms with E-state index in [2.05, 4.69) is 5.32 Å². The Morgan fingerprint density at radius 1 is 1.32 bits per heavy atom. The molecule has 1 heterocycles. The second kappa shape index (κ2) is 5.36. The lowest BCUT2D eigenvalue weighted by Gasteiger charge is -2.28. The average Bonchev–Trinajstić information content (AvgIpc) is 2.57. The maximum Gasteiger partial charge on any atom is 0.394 e. The summed E-state index contributed by atoms with van der Waals surface area (Å²) in [5, 5.41) is 2.78. The number of nitrogens with one attached hydrogen (secondary N) is 1. The van der Waals surface area contributed by atoms with Crippen molar-refractivity contribution in [3.8, 4) is 0 Å². The summed E-state index contributed by atoms with van der Waals surface area (Å²) in [7, 11) is 0. The van der Waals surface area contributed by atoms with Crippen molar-refractivity contribution in [3.63, 3.8) is 0 Å². The van der Waals surface area contributed by atoms with Gasteiger partial charge in [0.05, 0.1) is 5.92 Å². The Labute approximate surface area is 109 Å². The summed E-state index contributed by atoms with van der Waals surface area (Å²) in [5.74, 6) is -1.86. The monoisotopic (exact) mass is 276 g/mol. The summed E-state index contributed by atoms with van der Waals surface area (Å²) in [6.45, 7) is 2.45. The first-order valence-electron chi connectivity index (χ1n) is 6.16. The predicted molar refractivity (Wildman–Crippen MR) is 65.8 cm³/mol. The smallest absolute Gasteiger partial charge is 0.369 e. The van der Waals surface area contributed by atoms with E-state index >= 15 is 0 Å². The van der Waals surface area contributed by atoms with E-state index in [4.69, 9.17) is 0 Å². The highest BCUT2D eigenvalue weighted by atomic mass is 19.4. The van der Waals surface area contributed by atoms with Gasteiger partial charge in [0.25, 0.3) is 0 Å². The zero-order valence-corrected chi connectivity index (χ0v) is 10.6. The zero-order chi connectivity index (χ0) is 14.0. The highest BCUT2D eigenvalue weighted by Gasteiger charge is 2.41. The Morgan fingerprint density at radius 2 is 2.05 bits per heavy atom. The molecule has 6 heteroatoms. The van der Waals surface area contributed by atoms with Gasteiger partial charge in [-0.05, 0) is 24.6 Å². The summed E-state index contributed by atoms with van der Waals surface area (Å²) < 4.78 is 51.8. The van der Waals surface area contributed by atoms with Crippen LogP contribution in [0.25, 0.3) is 0 Å². The molecular weight excluding hydrogens is 260 g/mol. The van der Waals surface area contributed by atoms with Crippen LogP contribution in [0.3, 0.4) is 0 Å². The highest BCUT2D eigenvalue weighted by molar-refractivity contribution is 5.53. The molecule has 0 bridgehead atoms. The molecule has 2 nitrogen and oxygen atoms in total. The SMILES string of the molecule is Cc1ccc(F)cc1N1CCNCC(C(F)(F)F)C1. The lowest BCUT2D eigenvalue weighted by molar-refractivity contribution is -0.169. The number of hydrogen-bond donors (Lipinski definition) is 1. The maximum atomic E-state index is 13.3. The van der Waals surface area contributed by atoms with Gasteiger partial charge in [-0.2, -0.15) is 13.2 Å². The van der Waals surface area contributed by atoms with Gasteiger partial charge in [-0.25, -0.2) is 4.39 Å². The first-order valence-corrected chi connectivity index (χ1v) is 6.16. The predicted octanol–water partition coefficient (Wildman–Crippen LogP) is 2.72. The fourth-order valence-electron chi connectivity index (χ4n) is 2.27. The fourth-order valence-corrected chi connectivity index (χ4v) is 2.27. The van der Waals surface area contributed by atoms with Crippen molar-refractivity contribution < 1.29 is 17.6 Å². The van der Waals surface area contributed by atoms with Crippen molar-refractivity contribution in [1.82, 2.24) is 5.32 Å². The first-order chi connectivity index (χ1) is 8.88. The Bertz CT molecular complexity index is 445. The molecule has 0 saturated carbocycles. The minimum absolute atomic E-state index is 0.0889. The molecule has 2 rings (SSSR count). The van der Waals surface area contributed by atoms with Crippen molar-refractivity contribution in [2.24, 2.45) is 5.92 Å². The fraction of sp³-hybridized carbons (Fsp3) is 0.538. The zero-order valence-electron chi connectivity index (χ0n) is 10.6. The molecule has 0 aliphatic carbocycles. The average molecular weight is 276 g/mol. The van der Waals surface area contributed by atoms with Crippen LogP contribution in [0.5, 0.6) is 0 Å². The van der Waals surface area contributed by atoms with Crippen LogP contribution >= 0.6 is 0 Å². The van der Waals surface area contributed by atoms with E-state index in [0.717, 1.165) is 5.56 Å². The molecular formula is C13H16F4N2. The summed E-state index contributed by atoms with van der Waals surface area (Å²) in [5.41, 5.74) is 1.32. The molecule has 106 valence electrons. The summed E-state index contributed by atoms with van der Waals surface area (Å²) >= 11 is 0. The first kappa shape index (κ1) is 14.1. The molecule has 1 atom stereocenters. The van der Waals surface area contributed by atoms with Gasteiger partial charge >= 0.3 is 6.18 Å². The van der Waals surface area contributed by atoms with Gasteiger partial charge in [0.1, 0.15) is 5.82 Å². The largest absolute Gasteiger partial charge is 0.394 e. The van der Waals surface area contributed by atoms with Crippen LogP contribution in [0.4, 0.5) is 23.2 Å². The van der Waals surface area contributed by atoms with E-state index in [1.807, 2.05) is 0 Å².